The van der Waals surface area contributed by atoms with Gasteiger partial charge < -0.3 is 20.1 Å². The van der Waals surface area contributed by atoms with E-state index in [4.69, 9.17) is 4.74 Å². The molecule has 0 spiro atoms. The minimum absolute atomic E-state index is 0.00159. The number of nitrogens with zero attached hydrogens (tertiary/aromatic N) is 4. The van der Waals surface area contributed by atoms with Gasteiger partial charge in [-0.2, -0.15) is 15.4 Å². The van der Waals surface area contributed by atoms with Crippen LogP contribution >= 0.6 is 0 Å². The molecule has 3 N–H and O–H groups in total. The van der Waals surface area contributed by atoms with Gasteiger partial charge in [0.2, 0.25) is 0 Å². The molecular weight excluding hydrogens is 376 g/mol. The third-order valence-corrected chi connectivity index (χ3v) is 4.69. The first-order valence-electron chi connectivity index (χ1n) is 9.13. The fraction of sp³-hybridized carbons (Fsp3) is 0.316. The standard InChI is InChI=1S/C19H20N6O4/c26-17(15-3-1-2-6-20-15)21-10-19(28)11-25(7-8-29-12-19)18(27)13-4-5-14-16(9-13)23-24-22-14/h1-6,9,28H,7-8,10-12H2,(H,21,26)(H,22,23,24). The molecule has 1 unspecified atom stereocenters. The van der Waals surface area contributed by atoms with Crippen molar-refractivity contribution in [2.45, 2.75) is 5.60 Å². The van der Waals surface area contributed by atoms with Gasteiger partial charge in [0, 0.05) is 18.3 Å². The summed E-state index contributed by atoms with van der Waals surface area (Å²) >= 11 is 0. The number of aliphatic hydroxyl groups is 1. The minimum Gasteiger partial charge on any atom is -0.384 e. The van der Waals surface area contributed by atoms with Gasteiger partial charge in [-0.25, -0.2) is 0 Å². The highest BCUT2D eigenvalue weighted by molar-refractivity contribution is 5.97. The van der Waals surface area contributed by atoms with Crippen LogP contribution in [-0.2, 0) is 4.74 Å². The van der Waals surface area contributed by atoms with Crippen LogP contribution in [0.25, 0.3) is 11.0 Å². The molecule has 0 radical (unpaired) electrons. The molecule has 10 nitrogen and oxygen atoms in total. The van der Waals surface area contributed by atoms with Crippen LogP contribution in [0.4, 0.5) is 0 Å². The third-order valence-electron chi connectivity index (χ3n) is 4.69. The average molecular weight is 396 g/mol. The number of pyridine rings is 1. The van der Waals surface area contributed by atoms with E-state index in [2.05, 4.69) is 25.7 Å². The lowest BCUT2D eigenvalue weighted by Gasteiger charge is -2.31. The number of aromatic nitrogens is 4. The Morgan fingerprint density at radius 3 is 2.93 bits per heavy atom. The summed E-state index contributed by atoms with van der Waals surface area (Å²) in [5.74, 6) is -0.660. The number of carbonyl (C=O) groups excluding carboxylic acids is 2. The van der Waals surface area contributed by atoms with Crippen molar-refractivity contribution in [3.05, 3.63) is 53.9 Å². The number of ether oxygens (including phenoxy) is 1. The van der Waals surface area contributed by atoms with E-state index >= 15 is 0 Å². The predicted octanol–water partition coefficient (Wildman–Crippen LogP) is -0.0136. The molecular formula is C19H20N6O4. The normalized spacial score (nSPS) is 19.7. The van der Waals surface area contributed by atoms with Crippen molar-refractivity contribution in [2.75, 3.05) is 32.8 Å². The summed E-state index contributed by atoms with van der Waals surface area (Å²) < 4.78 is 5.48. The van der Waals surface area contributed by atoms with E-state index in [1.807, 2.05) is 0 Å². The number of hydrogen-bond acceptors (Lipinski definition) is 7. The Hall–Kier alpha value is -3.37. The zero-order chi connectivity index (χ0) is 20.3. The van der Waals surface area contributed by atoms with Crippen LogP contribution in [0.3, 0.4) is 0 Å². The van der Waals surface area contributed by atoms with Crippen molar-refractivity contribution in [3.8, 4) is 0 Å². The molecule has 4 rings (SSSR count). The molecule has 1 aliphatic rings. The van der Waals surface area contributed by atoms with Crippen LogP contribution in [0.2, 0.25) is 0 Å². The molecule has 10 heteroatoms. The van der Waals surface area contributed by atoms with Gasteiger partial charge in [-0.05, 0) is 30.3 Å². The summed E-state index contributed by atoms with van der Waals surface area (Å²) in [6, 6.07) is 10.0. The maximum Gasteiger partial charge on any atom is 0.269 e. The SMILES string of the molecule is O=C(NCC1(O)COCCN(C(=O)c2ccc3n[nH]nc3c2)C1)c1ccccn1. The van der Waals surface area contributed by atoms with E-state index in [1.165, 1.54) is 11.1 Å². The molecule has 3 heterocycles. The van der Waals surface area contributed by atoms with Crippen LogP contribution in [0.1, 0.15) is 20.8 Å². The number of hydrogen-bond donors (Lipinski definition) is 3. The number of aromatic amines is 1. The molecule has 1 saturated heterocycles. The van der Waals surface area contributed by atoms with E-state index in [9.17, 15) is 14.7 Å². The van der Waals surface area contributed by atoms with Crippen LogP contribution in [0, 0.1) is 0 Å². The van der Waals surface area contributed by atoms with E-state index in [-0.39, 0.29) is 37.9 Å². The van der Waals surface area contributed by atoms with Crippen molar-refractivity contribution >= 4 is 22.8 Å². The Bertz CT molecular complexity index is 1020. The van der Waals surface area contributed by atoms with E-state index in [0.29, 0.717) is 23.1 Å². The summed E-state index contributed by atoms with van der Waals surface area (Å²) in [6.45, 7) is 0.557. The van der Waals surface area contributed by atoms with Gasteiger partial charge in [0.15, 0.2) is 0 Å². The highest BCUT2D eigenvalue weighted by Gasteiger charge is 2.35. The van der Waals surface area contributed by atoms with E-state index in [1.54, 1.807) is 36.4 Å². The lowest BCUT2D eigenvalue weighted by molar-refractivity contribution is -0.0324. The second-order valence-corrected chi connectivity index (χ2v) is 6.93. The summed E-state index contributed by atoms with van der Waals surface area (Å²) in [7, 11) is 0. The number of β-amino-alcohol motifs (C(OH)–C–C–N with tert-alkyl or cyclic N) is 1. The van der Waals surface area contributed by atoms with Crippen molar-refractivity contribution in [3.63, 3.8) is 0 Å². The van der Waals surface area contributed by atoms with Crippen LogP contribution in [0.5, 0.6) is 0 Å². The van der Waals surface area contributed by atoms with Gasteiger partial charge in [0.05, 0.1) is 26.3 Å². The van der Waals surface area contributed by atoms with Gasteiger partial charge in [-0.15, -0.1) is 0 Å². The Morgan fingerprint density at radius 2 is 2.10 bits per heavy atom. The average Bonchev–Trinajstić information content (AvgIpc) is 3.13. The quantitative estimate of drug-likeness (QED) is 0.565. The van der Waals surface area contributed by atoms with Gasteiger partial charge in [-0.3, -0.25) is 14.6 Å². The Morgan fingerprint density at radius 1 is 1.24 bits per heavy atom. The van der Waals surface area contributed by atoms with E-state index < -0.39 is 11.5 Å². The second kappa shape index (κ2) is 7.94. The Labute approximate surface area is 165 Å². The summed E-state index contributed by atoms with van der Waals surface area (Å²) in [5, 5.41) is 24.1. The number of carbonyl (C=O) groups is 2. The minimum atomic E-state index is -1.42. The number of fused-ring (bicyclic) bond motifs is 1. The molecule has 1 atom stereocenters. The molecule has 1 fully saturated rings. The molecule has 1 aromatic carbocycles. The van der Waals surface area contributed by atoms with E-state index in [0.717, 1.165) is 0 Å². The number of amides is 2. The maximum absolute atomic E-state index is 13.0. The van der Waals surface area contributed by atoms with Gasteiger partial charge >= 0.3 is 0 Å². The predicted molar refractivity (Wildman–Crippen MR) is 102 cm³/mol. The Balaban J connectivity index is 1.46. The van der Waals surface area contributed by atoms with Crippen molar-refractivity contribution in [1.29, 1.82) is 0 Å². The number of benzene rings is 1. The summed E-state index contributed by atoms with van der Waals surface area (Å²) in [4.78, 5) is 30.7. The topological polar surface area (TPSA) is 133 Å². The Kier molecular flexibility index (Phi) is 5.19. The first kappa shape index (κ1) is 19.0. The maximum atomic E-state index is 13.0. The molecule has 150 valence electrons. The number of rotatable bonds is 4. The second-order valence-electron chi connectivity index (χ2n) is 6.93. The first-order chi connectivity index (χ1) is 14.0. The molecule has 0 bridgehead atoms. The van der Waals surface area contributed by atoms with Crippen molar-refractivity contribution < 1.29 is 19.4 Å². The van der Waals surface area contributed by atoms with Crippen molar-refractivity contribution in [2.24, 2.45) is 0 Å². The molecule has 0 saturated carbocycles. The van der Waals surface area contributed by atoms with Gasteiger partial charge in [0.1, 0.15) is 22.3 Å². The largest absolute Gasteiger partial charge is 0.384 e. The lowest BCUT2D eigenvalue weighted by atomic mass is 10.0. The van der Waals surface area contributed by atoms with Gasteiger partial charge in [0.25, 0.3) is 11.8 Å². The molecule has 1 aliphatic heterocycles. The zero-order valence-corrected chi connectivity index (χ0v) is 15.5. The monoisotopic (exact) mass is 396 g/mol. The number of H-pyrrole nitrogens is 1. The lowest BCUT2D eigenvalue weighted by Crippen LogP contribution is -2.53. The van der Waals surface area contributed by atoms with Crippen LogP contribution in [0.15, 0.2) is 42.6 Å². The highest BCUT2D eigenvalue weighted by Crippen LogP contribution is 2.17. The fourth-order valence-electron chi connectivity index (χ4n) is 3.19. The zero-order valence-electron chi connectivity index (χ0n) is 15.5. The van der Waals surface area contributed by atoms with Crippen molar-refractivity contribution in [1.82, 2.24) is 30.6 Å². The molecule has 3 aromatic rings. The molecule has 2 amide bonds. The van der Waals surface area contributed by atoms with Crippen LogP contribution in [-0.4, -0.2) is 80.7 Å². The molecule has 2 aromatic heterocycles. The van der Waals surface area contributed by atoms with Crippen LogP contribution < -0.4 is 5.32 Å². The third kappa shape index (κ3) is 4.23. The van der Waals surface area contributed by atoms with Gasteiger partial charge in [-0.1, -0.05) is 6.07 Å². The summed E-state index contributed by atoms with van der Waals surface area (Å²) in [5.41, 5.74) is 0.510. The fourth-order valence-corrected chi connectivity index (χ4v) is 3.19. The number of nitrogens with one attached hydrogen (secondary N) is 2. The molecule has 0 aliphatic carbocycles. The first-order valence-corrected chi connectivity index (χ1v) is 9.13. The smallest absolute Gasteiger partial charge is 0.269 e. The molecule has 29 heavy (non-hydrogen) atoms. The highest BCUT2D eigenvalue weighted by atomic mass is 16.5. The summed E-state index contributed by atoms with van der Waals surface area (Å²) in [6.07, 6.45) is 1.52.